The average molecular weight is 361 g/mol. The molecule has 1 aromatic carbocycles. The largest absolute Gasteiger partial charge is 0.491 e. The monoisotopic (exact) mass is 361 g/mol. The van der Waals surface area contributed by atoms with Crippen LogP contribution in [0.3, 0.4) is 0 Å². The zero-order valence-corrected chi connectivity index (χ0v) is 13.5. The van der Waals surface area contributed by atoms with Gasteiger partial charge in [0.1, 0.15) is 12.4 Å². The van der Waals surface area contributed by atoms with Crippen LogP contribution in [-0.4, -0.2) is 29.0 Å². The van der Waals surface area contributed by atoms with Crippen LogP contribution in [0.2, 0.25) is 0 Å². The molecule has 0 bridgehead atoms. The van der Waals surface area contributed by atoms with Crippen molar-refractivity contribution in [3.63, 3.8) is 0 Å². The summed E-state index contributed by atoms with van der Waals surface area (Å²) in [5.41, 5.74) is -0.0912. The second-order valence-electron chi connectivity index (χ2n) is 5.38. The van der Waals surface area contributed by atoms with E-state index >= 15 is 0 Å². The molecule has 1 amide bonds. The topological polar surface area (TPSA) is 64.1 Å². The van der Waals surface area contributed by atoms with Crippen LogP contribution in [0, 0.1) is 0 Å². The number of benzene rings is 1. The summed E-state index contributed by atoms with van der Waals surface area (Å²) in [6.45, 7) is 0.405. The van der Waals surface area contributed by atoms with Crippen LogP contribution in [0.4, 0.5) is 13.2 Å². The number of carbonyl (C=O) groups excluding carboxylic acids is 1. The Labute approximate surface area is 146 Å². The number of hydrogen-bond donors (Lipinski definition) is 1. The lowest BCUT2D eigenvalue weighted by atomic mass is 10.1. The van der Waals surface area contributed by atoms with Crippen LogP contribution in [0.15, 0.2) is 55.0 Å². The molecule has 134 valence electrons. The van der Waals surface area contributed by atoms with Gasteiger partial charge >= 0.3 is 6.18 Å². The standard InChI is InChI=1S/C18H14F3N3O2/c19-18(20,21)13-1-2-14-15(11-13)23-8-5-16(14)26-10-9-24-17(25)12-3-6-22-7-4-12/h1-8,11H,9-10H2,(H,24,25). The Morgan fingerprint density at radius 2 is 1.85 bits per heavy atom. The zero-order valence-electron chi connectivity index (χ0n) is 13.5. The SMILES string of the molecule is O=C(NCCOc1ccnc2cc(C(F)(F)F)ccc12)c1ccncc1. The molecule has 0 unspecified atom stereocenters. The van der Waals surface area contributed by atoms with Gasteiger partial charge in [-0.1, -0.05) is 0 Å². The third kappa shape index (κ3) is 4.08. The van der Waals surface area contributed by atoms with Gasteiger partial charge in [-0.05, 0) is 36.4 Å². The van der Waals surface area contributed by atoms with Crippen molar-refractivity contribution >= 4 is 16.8 Å². The third-order valence-electron chi connectivity index (χ3n) is 3.62. The van der Waals surface area contributed by atoms with Crippen LogP contribution in [0.5, 0.6) is 5.75 Å². The number of rotatable bonds is 5. The Bertz CT molecular complexity index is 914. The Morgan fingerprint density at radius 3 is 2.58 bits per heavy atom. The molecule has 5 nitrogen and oxygen atoms in total. The molecular formula is C18H14F3N3O2. The maximum atomic E-state index is 12.8. The van der Waals surface area contributed by atoms with E-state index in [0.29, 0.717) is 16.7 Å². The highest BCUT2D eigenvalue weighted by molar-refractivity contribution is 5.93. The molecule has 3 rings (SSSR count). The number of carbonyl (C=O) groups is 1. The molecule has 0 spiro atoms. The van der Waals surface area contributed by atoms with Gasteiger partial charge in [0.15, 0.2) is 0 Å². The van der Waals surface area contributed by atoms with E-state index in [-0.39, 0.29) is 24.6 Å². The molecule has 0 aliphatic rings. The van der Waals surface area contributed by atoms with Crippen LogP contribution < -0.4 is 10.1 Å². The molecule has 0 radical (unpaired) electrons. The van der Waals surface area contributed by atoms with E-state index in [9.17, 15) is 18.0 Å². The molecule has 2 aromatic heterocycles. The fourth-order valence-corrected chi connectivity index (χ4v) is 2.35. The molecule has 3 aromatic rings. The van der Waals surface area contributed by atoms with Crippen molar-refractivity contribution in [1.29, 1.82) is 0 Å². The van der Waals surface area contributed by atoms with Crippen molar-refractivity contribution in [1.82, 2.24) is 15.3 Å². The summed E-state index contributed by atoms with van der Waals surface area (Å²) in [4.78, 5) is 19.7. The van der Waals surface area contributed by atoms with Gasteiger partial charge in [0.05, 0.1) is 17.6 Å². The first-order chi connectivity index (χ1) is 12.4. The quantitative estimate of drug-likeness (QED) is 0.707. The maximum Gasteiger partial charge on any atom is 0.416 e. The Hall–Kier alpha value is -3.16. The molecule has 0 aliphatic carbocycles. The van der Waals surface area contributed by atoms with Crippen LogP contribution in [0.1, 0.15) is 15.9 Å². The summed E-state index contributed by atoms with van der Waals surface area (Å²) in [7, 11) is 0. The summed E-state index contributed by atoms with van der Waals surface area (Å²) >= 11 is 0. The Morgan fingerprint density at radius 1 is 1.08 bits per heavy atom. The van der Waals surface area contributed by atoms with E-state index in [1.807, 2.05) is 0 Å². The van der Waals surface area contributed by atoms with E-state index in [4.69, 9.17) is 4.74 Å². The first-order valence-corrected chi connectivity index (χ1v) is 7.72. The normalized spacial score (nSPS) is 11.3. The summed E-state index contributed by atoms with van der Waals surface area (Å²) < 4.78 is 43.9. The van der Waals surface area contributed by atoms with Crippen molar-refractivity contribution < 1.29 is 22.7 Å². The van der Waals surface area contributed by atoms with Crippen LogP contribution in [0.25, 0.3) is 10.9 Å². The predicted octanol–water partition coefficient (Wildman–Crippen LogP) is 3.46. The molecule has 2 heterocycles. The van der Waals surface area contributed by atoms with Crippen LogP contribution in [-0.2, 0) is 6.18 Å². The van der Waals surface area contributed by atoms with Crippen molar-refractivity contribution in [2.45, 2.75) is 6.18 Å². The molecule has 0 saturated heterocycles. The molecule has 1 N–H and O–H groups in total. The second kappa shape index (κ2) is 7.38. The van der Waals surface area contributed by atoms with Gasteiger partial charge in [-0.25, -0.2) is 0 Å². The van der Waals surface area contributed by atoms with Crippen LogP contribution >= 0.6 is 0 Å². The Kier molecular flexibility index (Phi) is 5.01. The number of hydrogen-bond acceptors (Lipinski definition) is 4. The van der Waals surface area contributed by atoms with E-state index in [0.717, 1.165) is 12.1 Å². The molecule has 0 fully saturated rings. The highest BCUT2D eigenvalue weighted by Gasteiger charge is 2.30. The molecule has 0 saturated carbocycles. The third-order valence-corrected chi connectivity index (χ3v) is 3.62. The van der Waals surface area contributed by atoms with Crippen molar-refractivity contribution in [2.75, 3.05) is 13.2 Å². The number of pyridine rings is 2. The molecule has 8 heteroatoms. The second-order valence-corrected chi connectivity index (χ2v) is 5.38. The number of nitrogens with zero attached hydrogens (tertiary/aromatic N) is 2. The molecule has 26 heavy (non-hydrogen) atoms. The zero-order chi connectivity index (χ0) is 18.6. The first kappa shape index (κ1) is 17.7. The number of alkyl halides is 3. The number of halogens is 3. The minimum absolute atomic E-state index is 0.164. The van der Waals surface area contributed by atoms with Gasteiger partial charge in [-0.3, -0.25) is 14.8 Å². The highest BCUT2D eigenvalue weighted by Crippen LogP contribution is 2.33. The lowest BCUT2D eigenvalue weighted by Crippen LogP contribution is -2.28. The fraction of sp³-hybridized carbons (Fsp3) is 0.167. The maximum absolute atomic E-state index is 12.8. The number of fused-ring (bicyclic) bond motifs is 1. The number of aromatic nitrogens is 2. The van der Waals surface area contributed by atoms with Crippen molar-refractivity contribution in [3.05, 3.63) is 66.1 Å². The van der Waals surface area contributed by atoms with Crippen molar-refractivity contribution in [3.8, 4) is 5.75 Å². The van der Waals surface area contributed by atoms with Gasteiger partial charge in [0.2, 0.25) is 0 Å². The van der Waals surface area contributed by atoms with E-state index in [1.165, 1.54) is 24.7 Å². The lowest BCUT2D eigenvalue weighted by Gasteiger charge is -2.11. The smallest absolute Gasteiger partial charge is 0.416 e. The predicted molar refractivity (Wildman–Crippen MR) is 88.8 cm³/mol. The van der Waals surface area contributed by atoms with E-state index in [2.05, 4.69) is 15.3 Å². The van der Waals surface area contributed by atoms with Gasteiger partial charge in [-0.15, -0.1) is 0 Å². The number of nitrogens with one attached hydrogen (secondary N) is 1. The van der Waals surface area contributed by atoms with Crippen molar-refractivity contribution in [2.24, 2.45) is 0 Å². The fourth-order valence-electron chi connectivity index (χ4n) is 2.35. The van der Waals surface area contributed by atoms with Gasteiger partial charge < -0.3 is 10.1 Å². The minimum atomic E-state index is -4.43. The minimum Gasteiger partial charge on any atom is -0.491 e. The number of amides is 1. The lowest BCUT2D eigenvalue weighted by molar-refractivity contribution is -0.137. The first-order valence-electron chi connectivity index (χ1n) is 7.72. The average Bonchev–Trinajstić information content (AvgIpc) is 2.64. The van der Waals surface area contributed by atoms with E-state index in [1.54, 1.807) is 18.2 Å². The van der Waals surface area contributed by atoms with Gasteiger partial charge in [0, 0.05) is 29.5 Å². The van der Waals surface area contributed by atoms with Gasteiger partial charge in [0.25, 0.3) is 5.91 Å². The molecule has 0 aliphatic heterocycles. The summed E-state index contributed by atoms with van der Waals surface area (Å²) in [6, 6.07) is 8.04. The molecule has 0 atom stereocenters. The van der Waals surface area contributed by atoms with E-state index < -0.39 is 11.7 Å². The number of ether oxygens (including phenoxy) is 1. The highest BCUT2D eigenvalue weighted by atomic mass is 19.4. The van der Waals surface area contributed by atoms with Gasteiger partial charge in [-0.2, -0.15) is 13.2 Å². The Balaban J connectivity index is 1.63. The summed E-state index contributed by atoms with van der Waals surface area (Å²) in [6.07, 6.45) is -0.00914. The molecular weight excluding hydrogens is 347 g/mol. The summed E-state index contributed by atoms with van der Waals surface area (Å²) in [5, 5.41) is 3.16. The summed E-state index contributed by atoms with van der Waals surface area (Å²) in [5.74, 6) is 0.146.